The minimum atomic E-state index is -0.227. The molecule has 1 heterocycles. The summed E-state index contributed by atoms with van der Waals surface area (Å²) < 4.78 is 12.2. The molecule has 0 aliphatic rings. The zero-order valence-corrected chi connectivity index (χ0v) is 16.2. The monoisotopic (exact) mass is 370 g/mol. The lowest BCUT2D eigenvalue weighted by molar-refractivity contribution is -0.118. The number of anilines is 1. The second-order valence-electron chi connectivity index (χ2n) is 6.07. The number of carbonyl (C=O) groups excluding carboxylic acids is 1. The van der Waals surface area contributed by atoms with Gasteiger partial charge in [-0.2, -0.15) is 0 Å². The van der Waals surface area contributed by atoms with Crippen LogP contribution in [0.15, 0.2) is 30.3 Å². The van der Waals surface area contributed by atoms with Crippen LogP contribution in [0, 0.1) is 20.8 Å². The van der Waals surface area contributed by atoms with Crippen molar-refractivity contribution in [2.45, 2.75) is 27.7 Å². The van der Waals surface area contributed by atoms with Gasteiger partial charge in [0, 0.05) is 0 Å². The predicted molar refractivity (Wildman–Crippen MR) is 106 cm³/mol. The average molecular weight is 370 g/mol. The van der Waals surface area contributed by atoms with Gasteiger partial charge in [0.2, 0.25) is 0 Å². The number of carbonyl (C=O) groups is 1. The molecular weight excluding hydrogens is 348 g/mol. The molecule has 6 heteroatoms. The van der Waals surface area contributed by atoms with Crippen LogP contribution in [-0.4, -0.2) is 24.1 Å². The minimum Gasteiger partial charge on any atom is -0.494 e. The largest absolute Gasteiger partial charge is 0.494 e. The van der Waals surface area contributed by atoms with Crippen LogP contribution in [0.3, 0.4) is 0 Å². The molecule has 0 unspecified atom stereocenters. The van der Waals surface area contributed by atoms with Crippen molar-refractivity contribution in [1.82, 2.24) is 4.98 Å². The number of amides is 1. The highest BCUT2D eigenvalue weighted by Gasteiger charge is 2.12. The molecular formula is C20H22N2O3S. The van der Waals surface area contributed by atoms with E-state index in [2.05, 4.69) is 16.4 Å². The highest BCUT2D eigenvalue weighted by atomic mass is 32.1. The zero-order valence-electron chi connectivity index (χ0n) is 15.4. The average Bonchev–Trinajstić information content (AvgIpc) is 3.00. The molecule has 1 amide bonds. The third-order valence-electron chi connectivity index (χ3n) is 4.14. The van der Waals surface area contributed by atoms with Crippen LogP contribution in [0.25, 0.3) is 10.2 Å². The van der Waals surface area contributed by atoms with Crippen LogP contribution in [0.2, 0.25) is 0 Å². The van der Waals surface area contributed by atoms with Gasteiger partial charge in [0.05, 0.1) is 16.8 Å². The fraction of sp³-hybridized carbons (Fsp3) is 0.300. The highest BCUT2D eigenvalue weighted by Crippen LogP contribution is 2.29. The number of fused-ring (bicyclic) bond motifs is 1. The highest BCUT2D eigenvalue weighted by molar-refractivity contribution is 7.22. The molecule has 3 rings (SSSR count). The van der Waals surface area contributed by atoms with Crippen molar-refractivity contribution in [2.75, 3.05) is 18.5 Å². The lowest BCUT2D eigenvalue weighted by atomic mass is 10.1. The van der Waals surface area contributed by atoms with Gasteiger partial charge in [0.1, 0.15) is 11.5 Å². The van der Waals surface area contributed by atoms with Crippen molar-refractivity contribution in [3.05, 3.63) is 47.0 Å². The smallest absolute Gasteiger partial charge is 0.264 e. The van der Waals surface area contributed by atoms with E-state index in [-0.39, 0.29) is 12.5 Å². The van der Waals surface area contributed by atoms with Gasteiger partial charge in [-0.25, -0.2) is 4.98 Å². The molecule has 0 saturated heterocycles. The number of aryl methyl sites for hydroxylation is 2. The summed E-state index contributed by atoms with van der Waals surface area (Å²) in [6.07, 6.45) is 0. The molecule has 26 heavy (non-hydrogen) atoms. The van der Waals surface area contributed by atoms with E-state index < -0.39 is 0 Å². The normalized spacial score (nSPS) is 10.8. The van der Waals surface area contributed by atoms with Crippen LogP contribution in [0.1, 0.15) is 23.6 Å². The van der Waals surface area contributed by atoms with Crippen LogP contribution < -0.4 is 14.8 Å². The number of rotatable bonds is 6. The standard InChI is InChI=1S/C20H22N2O3S/c1-5-24-15-8-9-16-17(10-15)26-20(21-16)22-18(23)11-25-19-13(3)7-6-12(2)14(19)4/h6-10H,5,11H2,1-4H3,(H,21,22,23). The van der Waals surface area contributed by atoms with E-state index in [0.717, 1.165) is 38.4 Å². The second kappa shape index (κ2) is 7.74. The third kappa shape index (κ3) is 3.96. The van der Waals surface area contributed by atoms with E-state index in [1.165, 1.54) is 11.3 Å². The quantitative estimate of drug-likeness (QED) is 0.687. The Hall–Kier alpha value is -2.60. The molecule has 0 aliphatic heterocycles. The van der Waals surface area contributed by atoms with E-state index >= 15 is 0 Å². The summed E-state index contributed by atoms with van der Waals surface area (Å²) in [6.45, 7) is 8.51. The predicted octanol–water partition coefficient (Wildman–Crippen LogP) is 4.64. The fourth-order valence-electron chi connectivity index (χ4n) is 2.66. The van der Waals surface area contributed by atoms with Gasteiger partial charge in [-0.15, -0.1) is 0 Å². The number of thiazole rings is 1. The lowest BCUT2D eigenvalue weighted by Gasteiger charge is -2.13. The molecule has 0 atom stereocenters. The molecule has 0 spiro atoms. The van der Waals surface area contributed by atoms with Crippen molar-refractivity contribution >= 4 is 32.6 Å². The molecule has 136 valence electrons. The molecule has 0 radical (unpaired) electrons. The van der Waals surface area contributed by atoms with Gasteiger partial charge in [-0.05, 0) is 62.6 Å². The molecule has 0 saturated carbocycles. The van der Waals surface area contributed by atoms with E-state index in [4.69, 9.17) is 9.47 Å². The van der Waals surface area contributed by atoms with Crippen molar-refractivity contribution in [1.29, 1.82) is 0 Å². The number of aromatic nitrogens is 1. The van der Waals surface area contributed by atoms with Gasteiger partial charge in [-0.1, -0.05) is 23.5 Å². The molecule has 0 aliphatic carbocycles. The Bertz CT molecular complexity index is 950. The first kappa shape index (κ1) is 18.2. The van der Waals surface area contributed by atoms with Crippen molar-refractivity contribution in [2.24, 2.45) is 0 Å². The fourth-order valence-corrected chi connectivity index (χ4v) is 3.57. The second-order valence-corrected chi connectivity index (χ2v) is 7.10. The van der Waals surface area contributed by atoms with Crippen LogP contribution >= 0.6 is 11.3 Å². The maximum atomic E-state index is 12.2. The first-order valence-corrected chi connectivity index (χ1v) is 9.32. The molecule has 5 nitrogen and oxygen atoms in total. The van der Waals surface area contributed by atoms with Gasteiger partial charge in [-0.3, -0.25) is 10.1 Å². The van der Waals surface area contributed by atoms with Crippen LogP contribution in [0.4, 0.5) is 5.13 Å². The van der Waals surface area contributed by atoms with Crippen LogP contribution in [-0.2, 0) is 4.79 Å². The maximum absolute atomic E-state index is 12.2. The maximum Gasteiger partial charge on any atom is 0.264 e. The van der Waals surface area contributed by atoms with E-state index in [1.807, 2.05) is 52.0 Å². The van der Waals surface area contributed by atoms with E-state index in [0.29, 0.717) is 11.7 Å². The van der Waals surface area contributed by atoms with Crippen molar-refractivity contribution in [3.8, 4) is 11.5 Å². The number of nitrogens with zero attached hydrogens (tertiary/aromatic N) is 1. The Kier molecular flexibility index (Phi) is 5.42. The number of hydrogen-bond donors (Lipinski definition) is 1. The summed E-state index contributed by atoms with van der Waals surface area (Å²) in [4.78, 5) is 16.7. The SMILES string of the molecule is CCOc1ccc2nc(NC(=O)COc3c(C)ccc(C)c3C)sc2c1. The number of hydrogen-bond acceptors (Lipinski definition) is 5. The van der Waals surface area contributed by atoms with Gasteiger partial charge in [0.25, 0.3) is 5.91 Å². The molecule has 1 aromatic heterocycles. The van der Waals surface area contributed by atoms with Gasteiger partial charge >= 0.3 is 0 Å². The first-order chi connectivity index (χ1) is 12.5. The van der Waals surface area contributed by atoms with E-state index in [1.54, 1.807) is 0 Å². The Morgan fingerprint density at radius 3 is 2.65 bits per heavy atom. The number of ether oxygens (including phenoxy) is 2. The lowest BCUT2D eigenvalue weighted by Crippen LogP contribution is -2.20. The number of nitrogens with one attached hydrogen (secondary N) is 1. The number of benzene rings is 2. The summed E-state index contributed by atoms with van der Waals surface area (Å²) in [6, 6.07) is 9.75. The summed E-state index contributed by atoms with van der Waals surface area (Å²) in [5.74, 6) is 1.34. The summed E-state index contributed by atoms with van der Waals surface area (Å²) in [7, 11) is 0. The Labute approximate surface area is 157 Å². The Morgan fingerprint density at radius 2 is 1.88 bits per heavy atom. The van der Waals surface area contributed by atoms with Gasteiger partial charge < -0.3 is 9.47 Å². The topological polar surface area (TPSA) is 60.5 Å². The Morgan fingerprint density at radius 1 is 1.12 bits per heavy atom. The molecule has 0 fully saturated rings. The van der Waals surface area contributed by atoms with E-state index in [9.17, 15) is 4.79 Å². The Balaban J connectivity index is 1.67. The third-order valence-corrected chi connectivity index (χ3v) is 5.07. The molecule has 2 aromatic carbocycles. The molecule has 0 bridgehead atoms. The first-order valence-electron chi connectivity index (χ1n) is 8.50. The summed E-state index contributed by atoms with van der Waals surface area (Å²) >= 11 is 1.42. The van der Waals surface area contributed by atoms with Crippen molar-refractivity contribution < 1.29 is 14.3 Å². The molecule has 1 N–H and O–H groups in total. The van der Waals surface area contributed by atoms with Crippen LogP contribution in [0.5, 0.6) is 11.5 Å². The summed E-state index contributed by atoms with van der Waals surface area (Å²) in [5.41, 5.74) is 4.05. The summed E-state index contributed by atoms with van der Waals surface area (Å²) in [5, 5.41) is 3.36. The zero-order chi connectivity index (χ0) is 18.7. The minimum absolute atomic E-state index is 0.0503. The van der Waals surface area contributed by atoms with Gasteiger partial charge in [0.15, 0.2) is 11.7 Å². The van der Waals surface area contributed by atoms with Crippen molar-refractivity contribution in [3.63, 3.8) is 0 Å². The molecule has 3 aromatic rings.